The summed E-state index contributed by atoms with van der Waals surface area (Å²) in [6, 6.07) is 45.4. The first kappa shape index (κ1) is 62.5. The minimum absolute atomic E-state index is 0.0250. The van der Waals surface area contributed by atoms with Crippen LogP contribution in [0.3, 0.4) is 0 Å². The number of thiazole rings is 2. The van der Waals surface area contributed by atoms with E-state index in [-0.39, 0.29) is 23.7 Å². The highest BCUT2D eigenvalue weighted by atomic mass is 79.9. The van der Waals surface area contributed by atoms with E-state index < -0.39 is 41.5 Å². The van der Waals surface area contributed by atoms with Crippen molar-refractivity contribution >= 4 is 93.2 Å². The summed E-state index contributed by atoms with van der Waals surface area (Å²) in [4.78, 5) is 18.0. The Hall–Kier alpha value is -6.04. The summed E-state index contributed by atoms with van der Waals surface area (Å²) < 4.78 is 94.4. The predicted octanol–water partition coefficient (Wildman–Crippen LogP) is 20.3. The highest BCUT2D eigenvalue weighted by Gasteiger charge is 2.52. The number of hydrogen-bond donors (Lipinski definition) is 0. The summed E-state index contributed by atoms with van der Waals surface area (Å²) in [7, 11) is -0.499. The van der Waals surface area contributed by atoms with Crippen molar-refractivity contribution in [3.8, 4) is 33.6 Å². The first-order chi connectivity index (χ1) is 39.0. The highest BCUT2D eigenvalue weighted by Crippen LogP contribution is 2.44. The van der Waals surface area contributed by atoms with Crippen molar-refractivity contribution in [1.29, 1.82) is 0 Å². The van der Waals surface area contributed by atoms with Gasteiger partial charge in [-0.25, -0.2) is 9.97 Å². The van der Waals surface area contributed by atoms with Gasteiger partial charge in [-0.1, -0.05) is 146 Å². The Morgan fingerprint density at radius 2 is 0.905 bits per heavy atom. The maximum atomic E-state index is 13.4. The number of benzene rings is 6. The Morgan fingerprint density at radius 3 is 1.37 bits per heavy atom. The summed E-state index contributed by atoms with van der Waals surface area (Å²) in [6.45, 7) is 26.2. The van der Waals surface area contributed by atoms with E-state index in [4.69, 9.17) is 9.31 Å². The number of pyridine rings is 2. The van der Waals surface area contributed by atoms with Gasteiger partial charge >= 0.3 is 19.5 Å². The number of halogens is 7. The topological polar surface area (TPSA) is 70.0 Å². The molecule has 16 heteroatoms. The van der Waals surface area contributed by atoms with Crippen LogP contribution in [0.15, 0.2) is 150 Å². The Bertz CT molecular complexity index is 4030. The average molecular weight is 1240 g/mol. The fraction of sp³-hybridized carbons (Fsp3) is 0.353. The molecule has 0 amide bonds. The molecule has 0 N–H and O–H groups in total. The second-order valence-electron chi connectivity index (χ2n) is 26.1. The van der Waals surface area contributed by atoms with Crippen LogP contribution in [0.1, 0.15) is 118 Å². The van der Waals surface area contributed by atoms with Crippen LogP contribution in [0.5, 0.6) is 0 Å². The molecule has 0 bridgehead atoms. The summed E-state index contributed by atoms with van der Waals surface area (Å²) in [5.74, 6) is 0. The zero-order valence-electron chi connectivity index (χ0n) is 49.9. The molecule has 11 rings (SSSR count). The normalized spacial score (nSPS) is 14.9. The number of hydrogen-bond acceptors (Lipinski definition) is 8. The standard InChI is InChI=1S/C31H29F3N2S.C19H18BrN.C18H23BF3NO2S/c1-29(2,3)24-15-22(14-21-8-6-7-9-23(21)24)26-16-20(12-13-35-26)19-10-11-25-27(17-19)37-28(36-25)18-30(4,5)31(32,33)34;1-19(2,3)17-11-14(18-12-15(20)8-9-21-18)10-13-6-4-5-7-16(13)17;1-15(2,18(20,21)22)10-14-23-12-8-7-11(9-13(12)26-14)19-24-16(3,4)17(5,6)25-19/h6-17H,18H2,1-5H3;4-12H,1-3H3;7-9H,10H2,1-6H3. The van der Waals surface area contributed by atoms with E-state index in [9.17, 15) is 26.3 Å². The summed E-state index contributed by atoms with van der Waals surface area (Å²) in [6.07, 6.45) is -5.17. The zero-order chi connectivity index (χ0) is 61.2. The van der Waals surface area contributed by atoms with Crippen molar-refractivity contribution < 1.29 is 35.7 Å². The molecule has 438 valence electrons. The fourth-order valence-corrected chi connectivity index (χ4v) is 12.7. The van der Waals surface area contributed by atoms with Crippen molar-refractivity contribution in [2.45, 2.75) is 144 Å². The minimum atomic E-state index is -4.28. The van der Waals surface area contributed by atoms with Gasteiger partial charge in [0.1, 0.15) is 0 Å². The van der Waals surface area contributed by atoms with Gasteiger partial charge in [-0.2, -0.15) is 26.3 Å². The lowest BCUT2D eigenvalue weighted by atomic mass is 9.79. The van der Waals surface area contributed by atoms with E-state index in [0.29, 0.717) is 15.5 Å². The smallest absolute Gasteiger partial charge is 0.399 e. The van der Waals surface area contributed by atoms with E-state index in [1.165, 1.54) is 88.6 Å². The van der Waals surface area contributed by atoms with Crippen LogP contribution in [0.4, 0.5) is 26.3 Å². The molecular weight excluding hydrogens is 1170 g/mol. The monoisotopic (exact) mass is 1240 g/mol. The predicted molar refractivity (Wildman–Crippen MR) is 340 cm³/mol. The van der Waals surface area contributed by atoms with Crippen molar-refractivity contribution in [2.75, 3.05) is 0 Å². The second kappa shape index (κ2) is 23.0. The fourth-order valence-electron chi connectivity index (χ4n) is 9.86. The molecule has 0 spiro atoms. The van der Waals surface area contributed by atoms with E-state index in [1.807, 2.05) is 88.6 Å². The highest BCUT2D eigenvalue weighted by molar-refractivity contribution is 9.10. The molecule has 1 fully saturated rings. The Labute approximate surface area is 505 Å². The molecular formula is C68H70BBrF6N4O2S2. The number of alkyl halides is 6. The van der Waals surface area contributed by atoms with Crippen LogP contribution in [0, 0.1) is 10.8 Å². The molecule has 4 aromatic heterocycles. The van der Waals surface area contributed by atoms with Gasteiger partial charge in [0, 0.05) is 40.8 Å². The zero-order valence-corrected chi connectivity index (χ0v) is 53.1. The van der Waals surface area contributed by atoms with E-state index in [0.717, 1.165) is 52.9 Å². The number of fused-ring (bicyclic) bond motifs is 4. The third kappa shape index (κ3) is 13.6. The maximum absolute atomic E-state index is 13.4. The van der Waals surface area contributed by atoms with Gasteiger partial charge in [0.15, 0.2) is 0 Å². The molecule has 0 unspecified atom stereocenters. The first-order valence-corrected chi connectivity index (χ1v) is 30.3. The van der Waals surface area contributed by atoms with Crippen LogP contribution in [-0.2, 0) is 33.0 Å². The second-order valence-corrected chi connectivity index (χ2v) is 29.3. The Balaban J connectivity index is 0.000000158. The molecule has 1 aliphatic rings. The van der Waals surface area contributed by atoms with Crippen molar-refractivity contribution in [1.82, 2.24) is 19.9 Å². The average Bonchev–Trinajstić information content (AvgIpc) is 1.95. The van der Waals surface area contributed by atoms with Gasteiger partial charge in [-0.15, -0.1) is 22.7 Å². The SMILES string of the molecule is CC(C)(C)c1cc(-c2cc(-c3ccc4nc(CC(C)(C)C(F)(F)F)sc4c3)ccn2)cc2ccccc12.CC(C)(C)c1cc(-c2cc(Br)ccn2)cc2ccccc12.CC(C)(Cc1nc2ccc(B3OC(C)(C)C(C)(C)O3)cc2s1)C(F)(F)F. The van der Waals surface area contributed by atoms with Crippen LogP contribution in [0.2, 0.25) is 0 Å². The van der Waals surface area contributed by atoms with Crippen molar-refractivity contribution in [3.05, 3.63) is 171 Å². The van der Waals surface area contributed by atoms with Crippen LogP contribution in [0.25, 0.3) is 75.6 Å². The molecule has 6 nitrogen and oxygen atoms in total. The summed E-state index contributed by atoms with van der Waals surface area (Å²) in [5.41, 5.74) is 6.55. The molecule has 1 saturated heterocycles. The Kier molecular flexibility index (Phi) is 17.1. The van der Waals surface area contributed by atoms with Crippen molar-refractivity contribution in [2.24, 2.45) is 10.8 Å². The molecule has 1 aliphatic heterocycles. The van der Waals surface area contributed by atoms with Gasteiger partial charge in [0.2, 0.25) is 0 Å². The molecule has 10 aromatic rings. The molecule has 0 saturated carbocycles. The Morgan fingerprint density at radius 1 is 0.476 bits per heavy atom. The largest absolute Gasteiger partial charge is 0.494 e. The third-order valence-electron chi connectivity index (χ3n) is 15.9. The van der Waals surface area contributed by atoms with Gasteiger partial charge in [0.05, 0.1) is 63.9 Å². The van der Waals surface area contributed by atoms with Gasteiger partial charge in [-0.05, 0) is 161 Å². The van der Waals surface area contributed by atoms with Gasteiger partial charge in [0.25, 0.3) is 0 Å². The quantitative estimate of drug-likeness (QED) is 0.112. The molecule has 84 heavy (non-hydrogen) atoms. The first-order valence-electron chi connectivity index (χ1n) is 27.9. The minimum Gasteiger partial charge on any atom is -0.399 e. The maximum Gasteiger partial charge on any atom is 0.494 e. The van der Waals surface area contributed by atoms with Crippen molar-refractivity contribution in [3.63, 3.8) is 0 Å². The third-order valence-corrected chi connectivity index (χ3v) is 18.4. The molecule has 5 heterocycles. The van der Waals surface area contributed by atoms with Crippen LogP contribution in [-0.4, -0.2) is 50.6 Å². The van der Waals surface area contributed by atoms with Crippen LogP contribution < -0.4 is 5.46 Å². The number of nitrogens with zero attached hydrogens (tertiary/aromatic N) is 4. The molecule has 6 aromatic carbocycles. The van der Waals surface area contributed by atoms with Gasteiger partial charge < -0.3 is 9.31 Å². The van der Waals surface area contributed by atoms with E-state index in [1.54, 1.807) is 0 Å². The van der Waals surface area contributed by atoms with E-state index >= 15 is 0 Å². The summed E-state index contributed by atoms with van der Waals surface area (Å²) >= 11 is 6.15. The molecule has 0 atom stereocenters. The summed E-state index contributed by atoms with van der Waals surface area (Å²) in [5, 5.41) is 5.99. The lowest BCUT2D eigenvalue weighted by Gasteiger charge is -2.32. The lowest BCUT2D eigenvalue weighted by molar-refractivity contribution is -0.211. The number of rotatable bonds is 8. The molecule has 0 aliphatic carbocycles. The van der Waals surface area contributed by atoms with E-state index in [2.05, 4.69) is 162 Å². The molecule has 0 radical (unpaired) electrons. The van der Waals surface area contributed by atoms with Gasteiger partial charge in [-0.3, -0.25) is 9.97 Å². The lowest BCUT2D eigenvalue weighted by Crippen LogP contribution is -2.41. The number of aromatic nitrogens is 4. The van der Waals surface area contributed by atoms with Crippen LogP contribution >= 0.6 is 38.6 Å².